The SMILES string of the molecule is FC(F)(F)C(Cc1ccncc1)Nc1ccccn1. The van der Waals surface area contributed by atoms with Gasteiger partial charge in [-0.2, -0.15) is 13.2 Å². The van der Waals surface area contributed by atoms with E-state index in [0.29, 0.717) is 5.56 Å². The summed E-state index contributed by atoms with van der Waals surface area (Å²) in [6.07, 6.45) is -0.112. The first-order valence-corrected chi connectivity index (χ1v) is 5.69. The third-order valence-corrected chi connectivity index (χ3v) is 2.57. The molecule has 0 aliphatic heterocycles. The highest BCUT2D eigenvalue weighted by Crippen LogP contribution is 2.25. The molecule has 0 aromatic carbocycles. The predicted octanol–water partition coefficient (Wildman–Crippen LogP) is 3.06. The van der Waals surface area contributed by atoms with E-state index in [1.54, 1.807) is 24.3 Å². The molecule has 2 aromatic rings. The van der Waals surface area contributed by atoms with Crippen LogP contribution in [0.4, 0.5) is 19.0 Å². The molecule has 1 unspecified atom stereocenters. The smallest absolute Gasteiger partial charge is 0.358 e. The van der Waals surface area contributed by atoms with Crippen molar-refractivity contribution in [3.8, 4) is 0 Å². The van der Waals surface area contributed by atoms with Crippen molar-refractivity contribution in [1.29, 1.82) is 0 Å². The van der Waals surface area contributed by atoms with Gasteiger partial charge in [0.1, 0.15) is 11.9 Å². The van der Waals surface area contributed by atoms with Crippen molar-refractivity contribution < 1.29 is 13.2 Å². The molecule has 2 rings (SSSR count). The minimum absolute atomic E-state index is 0.164. The number of pyridine rings is 2. The summed E-state index contributed by atoms with van der Waals surface area (Å²) >= 11 is 0. The van der Waals surface area contributed by atoms with Crippen LogP contribution in [0.25, 0.3) is 0 Å². The van der Waals surface area contributed by atoms with Crippen molar-refractivity contribution in [2.24, 2.45) is 0 Å². The summed E-state index contributed by atoms with van der Waals surface area (Å²) in [7, 11) is 0. The molecule has 2 aromatic heterocycles. The third kappa shape index (κ3) is 3.94. The number of anilines is 1. The van der Waals surface area contributed by atoms with Crippen LogP contribution in [0.3, 0.4) is 0 Å². The lowest BCUT2D eigenvalue weighted by Gasteiger charge is -2.22. The van der Waals surface area contributed by atoms with Crippen LogP contribution in [0.15, 0.2) is 48.9 Å². The molecule has 0 aliphatic carbocycles. The fraction of sp³-hybridized carbons (Fsp3) is 0.231. The van der Waals surface area contributed by atoms with Gasteiger partial charge in [-0.3, -0.25) is 4.98 Å². The average Bonchev–Trinajstić information content (AvgIpc) is 2.39. The van der Waals surface area contributed by atoms with Gasteiger partial charge in [-0.15, -0.1) is 0 Å². The molecule has 0 amide bonds. The number of rotatable bonds is 4. The standard InChI is InChI=1S/C13H12F3N3/c14-13(15,16)11(9-10-4-7-17-8-5-10)19-12-3-1-2-6-18-12/h1-8,11H,9H2,(H,18,19). The molecular formula is C13H12F3N3. The van der Waals surface area contributed by atoms with Gasteiger partial charge < -0.3 is 5.32 Å². The van der Waals surface area contributed by atoms with Gasteiger partial charge in [-0.1, -0.05) is 6.07 Å². The molecule has 0 spiro atoms. The zero-order valence-corrected chi connectivity index (χ0v) is 9.93. The number of nitrogens with one attached hydrogen (secondary N) is 1. The van der Waals surface area contributed by atoms with Crippen LogP contribution >= 0.6 is 0 Å². The van der Waals surface area contributed by atoms with Crippen LogP contribution in [0, 0.1) is 0 Å². The van der Waals surface area contributed by atoms with Gasteiger partial charge in [0.25, 0.3) is 0 Å². The second kappa shape index (κ2) is 5.69. The van der Waals surface area contributed by atoms with E-state index in [1.807, 2.05) is 0 Å². The van der Waals surface area contributed by atoms with Crippen molar-refractivity contribution in [2.75, 3.05) is 5.32 Å². The maximum atomic E-state index is 13.0. The molecule has 0 aliphatic rings. The first-order chi connectivity index (χ1) is 9.05. The average molecular weight is 267 g/mol. The Balaban J connectivity index is 2.13. The summed E-state index contributed by atoms with van der Waals surface area (Å²) in [6.45, 7) is 0. The van der Waals surface area contributed by atoms with E-state index in [0.717, 1.165) is 0 Å². The zero-order valence-electron chi connectivity index (χ0n) is 9.93. The number of hydrogen-bond donors (Lipinski definition) is 1. The fourth-order valence-electron chi connectivity index (χ4n) is 1.63. The van der Waals surface area contributed by atoms with Crippen molar-refractivity contribution in [3.05, 3.63) is 54.5 Å². The summed E-state index contributed by atoms with van der Waals surface area (Å²) in [5.41, 5.74) is 0.570. The summed E-state index contributed by atoms with van der Waals surface area (Å²) in [4.78, 5) is 7.64. The van der Waals surface area contributed by atoms with Crippen molar-refractivity contribution in [2.45, 2.75) is 18.6 Å². The maximum Gasteiger partial charge on any atom is 0.408 e. The summed E-state index contributed by atoms with van der Waals surface area (Å²) in [6, 6.07) is 6.25. The van der Waals surface area contributed by atoms with Crippen molar-refractivity contribution >= 4 is 5.82 Å². The highest BCUT2D eigenvalue weighted by atomic mass is 19.4. The molecule has 6 heteroatoms. The molecule has 1 N–H and O–H groups in total. The Labute approximate surface area is 108 Å². The van der Waals surface area contributed by atoms with E-state index >= 15 is 0 Å². The lowest BCUT2D eigenvalue weighted by atomic mass is 10.1. The monoisotopic (exact) mass is 267 g/mol. The Hall–Kier alpha value is -2.11. The second-order valence-electron chi connectivity index (χ2n) is 4.01. The normalized spacial score (nSPS) is 13.0. The van der Waals surface area contributed by atoms with Crippen LogP contribution in [0.5, 0.6) is 0 Å². The van der Waals surface area contributed by atoms with Crippen LogP contribution in [0.1, 0.15) is 5.56 Å². The second-order valence-corrected chi connectivity index (χ2v) is 4.01. The summed E-state index contributed by atoms with van der Waals surface area (Å²) in [5, 5.41) is 2.41. The Morgan fingerprint density at radius 2 is 1.79 bits per heavy atom. The van der Waals surface area contributed by atoms with Crippen LogP contribution in [-0.2, 0) is 6.42 Å². The highest BCUT2D eigenvalue weighted by molar-refractivity contribution is 5.35. The van der Waals surface area contributed by atoms with E-state index in [-0.39, 0.29) is 12.2 Å². The first-order valence-electron chi connectivity index (χ1n) is 5.69. The molecule has 3 nitrogen and oxygen atoms in total. The van der Waals surface area contributed by atoms with E-state index in [9.17, 15) is 13.2 Å². The number of nitrogens with zero attached hydrogens (tertiary/aromatic N) is 2. The molecule has 100 valence electrons. The van der Waals surface area contributed by atoms with Gasteiger partial charge in [0, 0.05) is 25.0 Å². The van der Waals surface area contributed by atoms with E-state index in [4.69, 9.17) is 0 Å². The Bertz CT molecular complexity index is 458. The molecule has 19 heavy (non-hydrogen) atoms. The van der Waals surface area contributed by atoms with Crippen molar-refractivity contribution in [1.82, 2.24) is 9.97 Å². The van der Waals surface area contributed by atoms with Crippen LogP contribution in [0.2, 0.25) is 0 Å². The minimum atomic E-state index is -4.35. The quantitative estimate of drug-likeness (QED) is 0.925. The fourth-order valence-corrected chi connectivity index (χ4v) is 1.63. The number of hydrogen-bond acceptors (Lipinski definition) is 3. The Kier molecular flexibility index (Phi) is 3.99. The summed E-state index contributed by atoms with van der Waals surface area (Å²) < 4.78 is 39.0. The zero-order chi connectivity index (χ0) is 13.7. The largest absolute Gasteiger partial charge is 0.408 e. The van der Waals surface area contributed by atoms with Gasteiger partial charge in [0.2, 0.25) is 0 Å². The first kappa shape index (κ1) is 13.3. The molecule has 0 saturated carbocycles. The Morgan fingerprint density at radius 1 is 1.05 bits per heavy atom. The molecular weight excluding hydrogens is 255 g/mol. The summed E-state index contributed by atoms with van der Waals surface area (Å²) in [5.74, 6) is 0.207. The third-order valence-electron chi connectivity index (χ3n) is 2.57. The van der Waals surface area contributed by atoms with Gasteiger partial charge in [0.15, 0.2) is 0 Å². The van der Waals surface area contributed by atoms with E-state index in [1.165, 1.54) is 24.7 Å². The van der Waals surface area contributed by atoms with Crippen LogP contribution in [-0.4, -0.2) is 22.2 Å². The van der Waals surface area contributed by atoms with Gasteiger partial charge in [0.05, 0.1) is 0 Å². The lowest BCUT2D eigenvalue weighted by molar-refractivity contribution is -0.142. The number of halogens is 3. The van der Waals surface area contributed by atoms with Gasteiger partial charge >= 0.3 is 6.18 Å². The highest BCUT2D eigenvalue weighted by Gasteiger charge is 2.39. The number of alkyl halides is 3. The lowest BCUT2D eigenvalue weighted by Crippen LogP contribution is -2.38. The molecule has 0 fully saturated rings. The molecule has 1 atom stereocenters. The van der Waals surface area contributed by atoms with Crippen molar-refractivity contribution in [3.63, 3.8) is 0 Å². The molecule has 0 saturated heterocycles. The molecule has 2 heterocycles. The molecule has 0 radical (unpaired) electrons. The predicted molar refractivity (Wildman–Crippen MR) is 65.6 cm³/mol. The number of aromatic nitrogens is 2. The molecule has 0 bridgehead atoms. The van der Waals surface area contributed by atoms with Gasteiger partial charge in [-0.05, 0) is 29.8 Å². The Morgan fingerprint density at radius 3 is 2.37 bits per heavy atom. The maximum absolute atomic E-state index is 13.0. The van der Waals surface area contributed by atoms with E-state index in [2.05, 4.69) is 15.3 Å². The topological polar surface area (TPSA) is 37.8 Å². The minimum Gasteiger partial charge on any atom is -0.358 e. The van der Waals surface area contributed by atoms with Crippen LogP contribution < -0.4 is 5.32 Å². The van der Waals surface area contributed by atoms with Gasteiger partial charge in [-0.25, -0.2) is 4.98 Å². The van der Waals surface area contributed by atoms with E-state index < -0.39 is 12.2 Å².